The Kier molecular flexibility index (Phi) is 2.92. The van der Waals surface area contributed by atoms with Crippen LogP contribution in [0.5, 0.6) is 5.75 Å². The Balaban J connectivity index is 2.45. The molecule has 0 bridgehead atoms. The molecule has 1 aromatic carbocycles. The summed E-state index contributed by atoms with van der Waals surface area (Å²) < 4.78 is 5.19. The van der Waals surface area contributed by atoms with Gasteiger partial charge in [0.05, 0.1) is 19.3 Å². The van der Waals surface area contributed by atoms with Crippen molar-refractivity contribution in [3.8, 4) is 17.0 Å². The maximum absolute atomic E-state index is 5.55. The Hall–Kier alpha value is -1.81. The van der Waals surface area contributed by atoms with Gasteiger partial charge >= 0.3 is 0 Å². The van der Waals surface area contributed by atoms with Gasteiger partial charge in [0.25, 0.3) is 0 Å². The average Bonchev–Trinajstić information content (AvgIpc) is 2.71. The van der Waals surface area contributed by atoms with Gasteiger partial charge in [-0.25, -0.2) is 4.98 Å². The second-order valence-corrected chi connectivity index (χ2v) is 3.59. The van der Waals surface area contributed by atoms with Crippen LogP contribution in [0.25, 0.3) is 11.3 Å². The molecule has 0 saturated heterocycles. The Labute approximate surface area is 94.5 Å². The lowest BCUT2D eigenvalue weighted by atomic mass is 10.1. The van der Waals surface area contributed by atoms with E-state index in [4.69, 9.17) is 10.5 Å². The number of hydrogen-bond donors (Lipinski definition) is 2. The van der Waals surface area contributed by atoms with Gasteiger partial charge in [-0.15, -0.1) is 0 Å². The summed E-state index contributed by atoms with van der Waals surface area (Å²) in [7, 11) is 1.65. The fraction of sp³-hybridized carbons (Fsp3) is 0.250. The molecule has 4 heteroatoms. The molecule has 0 saturated carbocycles. The lowest BCUT2D eigenvalue weighted by Gasteiger charge is -2.02. The molecule has 1 heterocycles. The number of methoxy groups -OCH3 is 1. The number of rotatable bonds is 3. The summed E-state index contributed by atoms with van der Waals surface area (Å²) in [5, 5.41) is 0. The molecule has 0 aliphatic rings. The third kappa shape index (κ3) is 1.92. The minimum absolute atomic E-state index is 0.421. The van der Waals surface area contributed by atoms with E-state index in [0.717, 1.165) is 28.5 Å². The zero-order valence-corrected chi connectivity index (χ0v) is 9.45. The van der Waals surface area contributed by atoms with Crippen LogP contribution < -0.4 is 10.5 Å². The van der Waals surface area contributed by atoms with Gasteiger partial charge in [0.2, 0.25) is 0 Å². The van der Waals surface area contributed by atoms with Crippen LogP contribution in [0.15, 0.2) is 24.3 Å². The number of aromatic amines is 1. The highest BCUT2D eigenvalue weighted by Crippen LogP contribution is 2.24. The summed E-state index contributed by atoms with van der Waals surface area (Å²) >= 11 is 0. The Morgan fingerprint density at radius 2 is 2.25 bits per heavy atom. The van der Waals surface area contributed by atoms with E-state index >= 15 is 0 Å². The minimum Gasteiger partial charge on any atom is -0.497 e. The molecule has 0 atom stereocenters. The van der Waals surface area contributed by atoms with Gasteiger partial charge in [-0.3, -0.25) is 0 Å². The first-order chi connectivity index (χ1) is 7.74. The maximum atomic E-state index is 5.55. The molecule has 0 aliphatic carbocycles. The molecule has 2 rings (SSSR count). The van der Waals surface area contributed by atoms with Gasteiger partial charge in [-0.05, 0) is 19.1 Å². The number of aryl methyl sites for hydroxylation is 1. The van der Waals surface area contributed by atoms with Gasteiger partial charge < -0.3 is 15.5 Å². The smallest absolute Gasteiger partial charge is 0.120 e. The summed E-state index contributed by atoms with van der Waals surface area (Å²) in [6.45, 7) is 2.41. The van der Waals surface area contributed by atoms with Crippen LogP contribution in [0.4, 0.5) is 0 Å². The number of benzene rings is 1. The molecule has 0 aliphatic heterocycles. The minimum atomic E-state index is 0.421. The molecule has 2 aromatic rings. The Morgan fingerprint density at radius 3 is 2.88 bits per heavy atom. The molecule has 84 valence electrons. The normalized spacial score (nSPS) is 10.4. The lowest BCUT2D eigenvalue weighted by Crippen LogP contribution is -1.97. The highest BCUT2D eigenvalue weighted by atomic mass is 16.5. The van der Waals surface area contributed by atoms with Crippen LogP contribution in [0, 0.1) is 6.92 Å². The third-order valence-corrected chi connectivity index (χ3v) is 2.47. The molecule has 0 fully saturated rings. The van der Waals surface area contributed by atoms with Crippen LogP contribution in [0.2, 0.25) is 0 Å². The fourth-order valence-corrected chi connectivity index (χ4v) is 1.67. The number of nitrogens with one attached hydrogen (secondary N) is 1. The van der Waals surface area contributed by atoms with Crippen molar-refractivity contribution < 1.29 is 4.74 Å². The number of H-pyrrole nitrogens is 1. The Morgan fingerprint density at radius 1 is 1.44 bits per heavy atom. The van der Waals surface area contributed by atoms with Gasteiger partial charge in [0, 0.05) is 11.3 Å². The molecule has 0 radical (unpaired) electrons. The molecule has 0 spiro atoms. The van der Waals surface area contributed by atoms with Gasteiger partial charge in [0.15, 0.2) is 0 Å². The number of nitrogens with zero attached hydrogens (tertiary/aromatic N) is 1. The van der Waals surface area contributed by atoms with Crippen LogP contribution >= 0.6 is 0 Å². The van der Waals surface area contributed by atoms with Crippen LogP contribution in [-0.4, -0.2) is 17.1 Å². The monoisotopic (exact) mass is 217 g/mol. The highest BCUT2D eigenvalue weighted by Gasteiger charge is 2.08. The quantitative estimate of drug-likeness (QED) is 0.824. The molecule has 1 aromatic heterocycles. The van der Waals surface area contributed by atoms with Crippen molar-refractivity contribution in [2.24, 2.45) is 5.73 Å². The van der Waals surface area contributed by atoms with E-state index in [-0.39, 0.29) is 0 Å². The molecular weight excluding hydrogens is 202 g/mol. The van der Waals surface area contributed by atoms with Gasteiger partial charge in [-0.2, -0.15) is 0 Å². The first-order valence-electron chi connectivity index (χ1n) is 5.14. The standard InChI is InChI=1S/C12H15N3O/c1-8-12(15-11(7-13)14-8)9-4-3-5-10(6-9)16-2/h3-6H,7,13H2,1-2H3,(H,14,15). The fourth-order valence-electron chi connectivity index (χ4n) is 1.67. The van der Waals surface area contributed by atoms with E-state index in [9.17, 15) is 0 Å². The second kappa shape index (κ2) is 4.37. The zero-order valence-electron chi connectivity index (χ0n) is 9.45. The largest absolute Gasteiger partial charge is 0.497 e. The van der Waals surface area contributed by atoms with Crippen molar-refractivity contribution in [3.05, 3.63) is 35.8 Å². The molecule has 16 heavy (non-hydrogen) atoms. The van der Waals surface area contributed by atoms with E-state index in [1.165, 1.54) is 0 Å². The first-order valence-corrected chi connectivity index (χ1v) is 5.14. The van der Waals surface area contributed by atoms with Crippen LogP contribution in [0.3, 0.4) is 0 Å². The predicted molar refractivity (Wildman–Crippen MR) is 63.2 cm³/mol. The summed E-state index contributed by atoms with van der Waals surface area (Å²) in [6.07, 6.45) is 0. The van der Waals surface area contributed by atoms with Crippen molar-refractivity contribution in [2.45, 2.75) is 13.5 Å². The number of aromatic nitrogens is 2. The van der Waals surface area contributed by atoms with E-state index in [2.05, 4.69) is 9.97 Å². The second-order valence-electron chi connectivity index (χ2n) is 3.59. The zero-order chi connectivity index (χ0) is 11.5. The van der Waals surface area contributed by atoms with E-state index in [0.29, 0.717) is 6.54 Å². The molecule has 0 amide bonds. The van der Waals surface area contributed by atoms with Crippen molar-refractivity contribution in [1.29, 1.82) is 0 Å². The first kappa shape index (κ1) is 10.7. The topological polar surface area (TPSA) is 63.9 Å². The SMILES string of the molecule is COc1cccc(-c2nc(CN)[nH]c2C)c1. The van der Waals surface area contributed by atoms with Crippen LogP contribution in [0.1, 0.15) is 11.5 Å². The summed E-state index contributed by atoms with van der Waals surface area (Å²) in [5.41, 5.74) is 8.53. The predicted octanol–water partition coefficient (Wildman–Crippen LogP) is 1.85. The average molecular weight is 217 g/mol. The third-order valence-electron chi connectivity index (χ3n) is 2.47. The summed E-state index contributed by atoms with van der Waals surface area (Å²) in [4.78, 5) is 7.59. The number of imidazole rings is 1. The van der Waals surface area contributed by atoms with Gasteiger partial charge in [-0.1, -0.05) is 12.1 Å². The van der Waals surface area contributed by atoms with E-state index < -0.39 is 0 Å². The highest BCUT2D eigenvalue weighted by molar-refractivity contribution is 5.63. The van der Waals surface area contributed by atoms with Crippen molar-refractivity contribution >= 4 is 0 Å². The maximum Gasteiger partial charge on any atom is 0.120 e. The summed E-state index contributed by atoms with van der Waals surface area (Å²) in [6, 6.07) is 7.83. The van der Waals surface area contributed by atoms with E-state index in [1.54, 1.807) is 7.11 Å². The van der Waals surface area contributed by atoms with Crippen molar-refractivity contribution in [2.75, 3.05) is 7.11 Å². The number of hydrogen-bond acceptors (Lipinski definition) is 3. The van der Waals surface area contributed by atoms with Crippen LogP contribution in [-0.2, 0) is 6.54 Å². The van der Waals surface area contributed by atoms with Crippen molar-refractivity contribution in [1.82, 2.24) is 9.97 Å². The summed E-state index contributed by atoms with van der Waals surface area (Å²) in [5.74, 6) is 1.63. The molecule has 0 unspecified atom stereocenters. The van der Waals surface area contributed by atoms with Crippen molar-refractivity contribution in [3.63, 3.8) is 0 Å². The Bertz CT molecular complexity index is 491. The molecule has 3 N–H and O–H groups in total. The molecular formula is C12H15N3O. The van der Waals surface area contributed by atoms with E-state index in [1.807, 2.05) is 31.2 Å². The molecule has 4 nitrogen and oxygen atoms in total. The number of ether oxygens (including phenoxy) is 1. The lowest BCUT2D eigenvalue weighted by molar-refractivity contribution is 0.415. The van der Waals surface area contributed by atoms with Gasteiger partial charge in [0.1, 0.15) is 11.6 Å². The number of nitrogens with two attached hydrogens (primary N) is 1.